The molecule has 0 radical (unpaired) electrons. The molecule has 0 aromatic heterocycles. The summed E-state index contributed by atoms with van der Waals surface area (Å²) in [5, 5.41) is 2.79. The maximum absolute atomic E-state index is 12.0. The third-order valence-corrected chi connectivity index (χ3v) is 4.42. The molecule has 3 nitrogen and oxygen atoms in total. The normalized spacial score (nSPS) is 10.2. The molecule has 0 aliphatic rings. The third-order valence-electron chi connectivity index (χ3n) is 3.53. The van der Waals surface area contributed by atoms with Crippen LogP contribution in [0.25, 0.3) is 11.1 Å². The summed E-state index contributed by atoms with van der Waals surface area (Å²) in [6, 6.07) is 25.7. The van der Waals surface area contributed by atoms with E-state index < -0.39 is 6.09 Å². The van der Waals surface area contributed by atoms with Gasteiger partial charge in [-0.3, -0.25) is 5.32 Å². The molecule has 1 N–H and O–H groups in total. The Morgan fingerprint density at radius 1 is 0.875 bits per heavy atom. The Labute approximate surface area is 154 Å². The average Bonchev–Trinajstić information content (AvgIpc) is 2.63. The number of rotatable bonds is 4. The van der Waals surface area contributed by atoms with Crippen LogP contribution in [0.15, 0.2) is 78.9 Å². The van der Waals surface area contributed by atoms with Crippen LogP contribution in [0.2, 0.25) is 0 Å². The number of hydrogen-bond acceptors (Lipinski definition) is 2. The average molecular weight is 429 g/mol. The highest BCUT2D eigenvalue weighted by molar-refractivity contribution is 14.1. The predicted molar refractivity (Wildman–Crippen MR) is 105 cm³/mol. The van der Waals surface area contributed by atoms with Crippen molar-refractivity contribution in [1.29, 1.82) is 0 Å². The summed E-state index contributed by atoms with van der Waals surface area (Å²) in [5.41, 5.74) is 3.96. The van der Waals surface area contributed by atoms with Crippen LogP contribution < -0.4 is 5.32 Å². The highest BCUT2D eigenvalue weighted by Crippen LogP contribution is 2.26. The number of carbonyl (C=O) groups is 1. The van der Waals surface area contributed by atoms with Gasteiger partial charge in [0.15, 0.2) is 0 Å². The third kappa shape index (κ3) is 4.35. The van der Waals surface area contributed by atoms with Gasteiger partial charge >= 0.3 is 6.09 Å². The number of halogens is 1. The summed E-state index contributed by atoms with van der Waals surface area (Å²) in [5.74, 6) is 0. The van der Waals surface area contributed by atoms with E-state index in [0.717, 1.165) is 25.9 Å². The predicted octanol–water partition coefficient (Wildman–Crippen LogP) is 5.71. The number of carbonyl (C=O) groups excluding carboxylic acids is 1. The first-order chi connectivity index (χ1) is 11.7. The fourth-order valence-corrected chi connectivity index (χ4v) is 2.95. The molecule has 0 fully saturated rings. The minimum absolute atomic E-state index is 0.255. The van der Waals surface area contributed by atoms with Gasteiger partial charge in [-0.1, -0.05) is 66.7 Å². The molecule has 0 saturated heterocycles. The minimum Gasteiger partial charge on any atom is -0.444 e. The van der Waals surface area contributed by atoms with Crippen molar-refractivity contribution in [2.45, 2.75) is 6.61 Å². The van der Waals surface area contributed by atoms with Gasteiger partial charge in [0.1, 0.15) is 6.61 Å². The van der Waals surface area contributed by atoms with E-state index >= 15 is 0 Å². The molecule has 0 atom stereocenters. The van der Waals surface area contributed by atoms with Crippen molar-refractivity contribution in [3.05, 3.63) is 88.0 Å². The highest BCUT2D eigenvalue weighted by Gasteiger charge is 2.08. The molecule has 1 amide bonds. The highest BCUT2D eigenvalue weighted by atomic mass is 127. The first kappa shape index (κ1) is 16.5. The van der Waals surface area contributed by atoms with Crippen LogP contribution in [0.1, 0.15) is 5.56 Å². The van der Waals surface area contributed by atoms with Crippen LogP contribution in [0, 0.1) is 3.57 Å². The van der Waals surface area contributed by atoms with Gasteiger partial charge in [-0.2, -0.15) is 0 Å². The van der Waals surface area contributed by atoms with Crippen molar-refractivity contribution >= 4 is 34.4 Å². The van der Waals surface area contributed by atoms with Gasteiger partial charge in [0.2, 0.25) is 0 Å². The lowest BCUT2D eigenvalue weighted by Gasteiger charge is -2.10. The number of hydrogen-bond donors (Lipinski definition) is 1. The van der Waals surface area contributed by atoms with E-state index in [9.17, 15) is 4.79 Å². The summed E-state index contributed by atoms with van der Waals surface area (Å²) in [6.45, 7) is 0.255. The Hall–Kier alpha value is -2.34. The first-order valence-corrected chi connectivity index (χ1v) is 8.63. The molecule has 0 unspecified atom stereocenters. The quantitative estimate of drug-likeness (QED) is 0.540. The Morgan fingerprint density at radius 2 is 1.54 bits per heavy atom. The van der Waals surface area contributed by atoms with Gasteiger partial charge in [-0.15, -0.1) is 0 Å². The van der Waals surface area contributed by atoms with E-state index in [-0.39, 0.29) is 6.61 Å². The molecule has 24 heavy (non-hydrogen) atoms. The lowest BCUT2D eigenvalue weighted by Crippen LogP contribution is -2.14. The maximum Gasteiger partial charge on any atom is 0.411 e. The molecular weight excluding hydrogens is 413 g/mol. The lowest BCUT2D eigenvalue weighted by atomic mass is 10.1. The smallest absolute Gasteiger partial charge is 0.411 e. The second-order valence-electron chi connectivity index (χ2n) is 5.25. The van der Waals surface area contributed by atoms with E-state index in [2.05, 4.69) is 40.0 Å². The number of anilines is 1. The van der Waals surface area contributed by atoms with Crippen molar-refractivity contribution in [1.82, 2.24) is 0 Å². The molecule has 3 aromatic carbocycles. The fourth-order valence-electron chi connectivity index (χ4n) is 2.30. The van der Waals surface area contributed by atoms with Gasteiger partial charge in [-0.25, -0.2) is 4.79 Å². The summed E-state index contributed by atoms with van der Waals surface area (Å²) < 4.78 is 6.21. The summed E-state index contributed by atoms with van der Waals surface area (Å²) >= 11 is 2.22. The zero-order valence-corrected chi connectivity index (χ0v) is 15.1. The zero-order valence-electron chi connectivity index (χ0n) is 12.9. The Morgan fingerprint density at radius 3 is 2.21 bits per heavy atom. The van der Waals surface area contributed by atoms with Gasteiger partial charge < -0.3 is 4.74 Å². The fraction of sp³-hybridized carbons (Fsp3) is 0.0500. The maximum atomic E-state index is 12.0. The standard InChI is InChI=1S/C20H16INO2/c21-18-13-17(16-9-5-2-6-10-16)11-12-19(18)22-20(23)24-14-15-7-3-1-4-8-15/h1-13H,14H2,(H,22,23). The second-order valence-corrected chi connectivity index (χ2v) is 6.41. The van der Waals surface area contributed by atoms with Crippen molar-refractivity contribution in [3.8, 4) is 11.1 Å². The molecular formula is C20H16INO2. The van der Waals surface area contributed by atoms with Crippen LogP contribution in [0.4, 0.5) is 10.5 Å². The summed E-state index contributed by atoms with van der Waals surface area (Å²) in [6.07, 6.45) is -0.454. The van der Waals surface area contributed by atoms with E-state index in [1.807, 2.05) is 66.7 Å². The number of benzene rings is 3. The molecule has 0 spiro atoms. The van der Waals surface area contributed by atoms with Crippen molar-refractivity contribution in [2.75, 3.05) is 5.32 Å². The number of ether oxygens (including phenoxy) is 1. The molecule has 0 bridgehead atoms. The Bertz CT molecular complexity index is 820. The summed E-state index contributed by atoms with van der Waals surface area (Å²) in [7, 11) is 0. The van der Waals surface area contributed by atoms with Gasteiger partial charge in [0.05, 0.1) is 5.69 Å². The second kappa shape index (κ2) is 7.97. The molecule has 0 heterocycles. The van der Waals surface area contributed by atoms with Crippen LogP contribution in [-0.4, -0.2) is 6.09 Å². The molecule has 0 aliphatic carbocycles. The lowest BCUT2D eigenvalue weighted by molar-refractivity contribution is 0.155. The van der Waals surface area contributed by atoms with Crippen molar-refractivity contribution < 1.29 is 9.53 Å². The van der Waals surface area contributed by atoms with Gasteiger partial charge in [0, 0.05) is 3.57 Å². The molecule has 4 heteroatoms. The van der Waals surface area contributed by atoms with Crippen LogP contribution in [0.5, 0.6) is 0 Å². The SMILES string of the molecule is O=C(Nc1ccc(-c2ccccc2)cc1I)OCc1ccccc1. The van der Waals surface area contributed by atoms with Gasteiger partial charge in [-0.05, 0) is 51.4 Å². The minimum atomic E-state index is -0.454. The Balaban J connectivity index is 1.64. The van der Waals surface area contributed by atoms with Crippen LogP contribution >= 0.6 is 22.6 Å². The van der Waals surface area contributed by atoms with Gasteiger partial charge in [0.25, 0.3) is 0 Å². The zero-order chi connectivity index (χ0) is 16.8. The first-order valence-electron chi connectivity index (χ1n) is 7.55. The van der Waals surface area contributed by atoms with Crippen molar-refractivity contribution in [2.24, 2.45) is 0 Å². The molecule has 3 aromatic rings. The molecule has 120 valence electrons. The van der Waals surface area contributed by atoms with Crippen molar-refractivity contribution in [3.63, 3.8) is 0 Å². The van der Waals surface area contributed by atoms with Crippen LogP contribution in [-0.2, 0) is 11.3 Å². The largest absolute Gasteiger partial charge is 0.444 e. The van der Waals surface area contributed by atoms with E-state index in [0.29, 0.717) is 0 Å². The molecule has 3 rings (SSSR count). The van der Waals surface area contributed by atoms with E-state index in [1.165, 1.54) is 0 Å². The number of nitrogens with one attached hydrogen (secondary N) is 1. The molecule has 0 aliphatic heterocycles. The van der Waals surface area contributed by atoms with E-state index in [1.54, 1.807) is 0 Å². The number of amides is 1. The monoisotopic (exact) mass is 429 g/mol. The Kier molecular flexibility index (Phi) is 5.48. The van der Waals surface area contributed by atoms with Crippen LogP contribution in [0.3, 0.4) is 0 Å². The van der Waals surface area contributed by atoms with E-state index in [4.69, 9.17) is 4.74 Å². The topological polar surface area (TPSA) is 38.3 Å². The molecule has 0 saturated carbocycles. The summed E-state index contributed by atoms with van der Waals surface area (Å²) in [4.78, 5) is 12.0.